The predicted molar refractivity (Wildman–Crippen MR) is 64.2 cm³/mol. The highest BCUT2D eigenvalue weighted by Crippen LogP contribution is 2.41. The summed E-state index contributed by atoms with van der Waals surface area (Å²) in [6.07, 6.45) is 8.24. The van der Waals surface area contributed by atoms with Crippen LogP contribution >= 0.6 is 0 Å². The second-order valence-electron chi connectivity index (χ2n) is 4.58. The topological polar surface area (TPSA) is 57.6 Å². The van der Waals surface area contributed by atoms with E-state index in [-0.39, 0.29) is 18.9 Å². The zero-order valence-corrected chi connectivity index (χ0v) is 10.2. The van der Waals surface area contributed by atoms with Gasteiger partial charge in [-0.3, -0.25) is 9.59 Å². The first-order chi connectivity index (χ1) is 8.05. The van der Waals surface area contributed by atoms with Gasteiger partial charge in [-0.2, -0.15) is 0 Å². The van der Waals surface area contributed by atoms with Crippen LogP contribution in [-0.2, 0) is 9.59 Å². The van der Waals surface area contributed by atoms with Gasteiger partial charge in [0, 0.05) is 13.0 Å². The second kappa shape index (κ2) is 5.72. The van der Waals surface area contributed by atoms with Crippen molar-refractivity contribution in [1.82, 2.24) is 4.90 Å². The van der Waals surface area contributed by atoms with Gasteiger partial charge in [-0.05, 0) is 19.8 Å². The summed E-state index contributed by atoms with van der Waals surface area (Å²) in [5, 5.41) is 9.29. The van der Waals surface area contributed by atoms with Crippen LogP contribution in [0.2, 0.25) is 0 Å². The lowest BCUT2D eigenvalue weighted by Crippen LogP contribution is -2.38. The molecule has 0 atom stereocenters. The fourth-order valence-electron chi connectivity index (χ4n) is 2.41. The average molecular weight is 237 g/mol. The quantitative estimate of drug-likeness (QED) is 0.737. The third kappa shape index (κ3) is 3.00. The summed E-state index contributed by atoms with van der Waals surface area (Å²) < 4.78 is 0. The van der Waals surface area contributed by atoms with Gasteiger partial charge in [-0.15, -0.1) is 6.42 Å². The highest BCUT2D eigenvalue weighted by Gasteiger charge is 2.43. The van der Waals surface area contributed by atoms with Crippen LogP contribution in [0.15, 0.2) is 0 Å². The van der Waals surface area contributed by atoms with Gasteiger partial charge < -0.3 is 10.0 Å². The standard InChI is InChI=1S/C13H19NO3/c1-3-9-14(4-2)11(15)10-13(12(16)17)7-5-6-8-13/h1H,4-10H2,2H3,(H,16,17). The van der Waals surface area contributed by atoms with Gasteiger partial charge in [-0.1, -0.05) is 18.8 Å². The van der Waals surface area contributed by atoms with Crippen molar-refractivity contribution in [2.75, 3.05) is 13.1 Å². The summed E-state index contributed by atoms with van der Waals surface area (Å²) in [7, 11) is 0. The van der Waals surface area contributed by atoms with Crippen LogP contribution in [0.3, 0.4) is 0 Å². The Kier molecular flexibility index (Phi) is 4.56. The molecule has 1 fully saturated rings. The van der Waals surface area contributed by atoms with Crippen LogP contribution in [0.4, 0.5) is 0 Å². The van der Waals surface area contributed by atoms with Crippen molar-refractivity contribution in [2.24, 2.45) is 5.41 Å². The fraction of sp³-hybridized carbons (Fsp3) is 0.692. The summed E-state index contributed by atoms with van der Waals surface area (Å²) >= 11 is 0. The molecule has 4 heteroatoms. The number of aliphatic carboxylic acids is 1. The fourth-order valence-corrected chi connectivity index (χ4v) is 2.41. The number of nitrogens with zero attached hydrogens (tertiary/aromatic N) is 1. The van der Waals surface area contributed by atoms with Crippen molar-refractivity contribution in [3.05, 3.63) is 0 Å². The van der Waals surface area contributed by atoms with Gasteiger partial charge in [0.15, 0.2) is 0 Å². The van der Waals surface area contributed by atoms with Crippen LogP contribution in [0, 0.1) is 17.8 Å². The number of carbonyl (C=O) groups is 2. The zero-order valence-electron chi connectivity index (χ0n) is 10.2. The van der Waals surface area contributed by atoms with Gasteiger partial charge in [0.05, 0.1) is 12.0 Å². The van der Waals surface area contributed by atoms with Crippen molar-refractivity contribution in [1.29, 1.82) is 0 Å². The summed E-state index contributed by atoms with van der Waals surface area (Å²) in [4.78, 5) is 24.8. The van der Waals surface area contributed by atoms with E-state index in [9.17, 15) is 14.7 Å². The lowest BCUT2D eigenvalue weighted by Gasteiger charge is -2.26. The monoisotopic (exact) mass is 237 g/mol. The lowest BCUT2D eigenvalue weighted by molar-refractivity contribution is -0.153. The van der Waals surface area contributed by atoms with Crippen LogP contribution < -0.4 is 0 Å². The SMILES string of the molecule is C#CCN(CC)C(=O)CC1(C(=O)O)CCCC1. The molecular weight excluding hydrogens is 218 g/mol. The Hall–Kier alpha value is -1.50. The molecule has 1 aliphatic rings. The molecule has 0 spiro atoms. The predicted octanol–water partition coefficient (Wildman–Crippen LogP) is 1.50. The Morgan fingerprint density at radius 3 is 2.41 bits per heavy atom. The summed E-state index contributed by atoms with van der Waals surface area (Å²) in [6.45, 7) is 2.63. The number of rotatable bonds is 5. The normalized spacial score (nSPS) is 17.4. The number of hydrogen-bond donors (Lipinski definition) is 1. The van der Waals surface area contributed by atoms with E-state index in [0.29, 0.717) is 19.4 Å². The average Bonchev–Trinajstić information content (AvgIpc) is 2.75. The highest BCUT2D eigenvalue weighted by molar-refractivity contribution is 5.85. The molecule has 0 unspecified atom stereocenters. The Labute approximate surface area is 102 Å². The molecule has 17 heavy (non-hydrogen) atoms. The smallest absolute Gasteiger partial charge is 0.310 e. The number of hydrogen-bond acceptors (Lipinski definition) is 2. The van der Waals surface area contributed by atoms with Crippen molar-refractivity contribution < 1.29 is 14.7 Å². The second-order valence-corrected chi connectivity index (χ2v) is 4.58. The van der Waals surface area contributed by atoms with E-state index in [4.69, 9.17) is 6.42 Å². The summed E-state index contributed by atoms with van der Waals surface area (Å²) in [6, 6.07) is 0. The third-order valence-electron chi connectivity index (χ3n) is 3.52. The molecule has 0 aliphatic heterocycles. The van der Waals surface area contributed by atoms with Crippen LogP contribution in [0.1, 0.15) is 39.0 Å². The van der Waals surface area contributed by atoms with E-state index >= 15 is 0 Å². The molecule has 0 saturated heterocycles. The van der Waals surface area contributed by atoms with E-state index in [1.807, 2.05) is 6.92 Å². The van der Waals surface area contributed by atoms with Crippen molar-refractivity contribution in [3.63, 3.8) is 0 Å². The lowest BCUT2D eigenvalue weighted by atomic mass is 9.82. The Bertz CT molecular complexity index is 337. The van der Waals surface area contributed by atoms with E-state index in [0.717, 1.165) is 12.8 Å². The molecule has 1 rings (SSSR count). The Morgan fingerprint density at radius 1 is 1.41 bits per heavy atom. The molecule has 1 saturated carbocycles. The first-order valence-corrected chi connectivity index (χ1v) is 6.00. The van der Waals surface area contributed by atoms with Crippen LogP contribution in [-0.4, -0.2) is 35.0 Å². The third-order valence-corrected chi connectivity index (χ3v) is 3.52. The number of carboxylic acid groups (broad SMARTS) is 1. The maximum Gasteiger partial charge on any atom is 0.310 e. The molecule has 1 aliphatic carbocycles. The highest BCUT2D eigenvalue weighted by atomic mass is 16.4. The first kappa shape index (κ1) is 13.6. The van der Waals surface area contributed by atoms with Crippen molar-refractivity contribution >= 4 is 11.9 Å². The van der Waals surface area contributed by atoms with Crippen LogP contribution in [0.25, 0.3) is 0 Å². The minimum absolute atomic E-state index is 0.0812. The zero-order chi connectivity index (χ0) is 12.9. The van der Waals surface area contributed by atoms with Gasteiger partial charge in [-0.25, -0.2) is 0 Å². The number of carboxylic acids is 1. The molecule has 1 amide bonds. The summed E-state index contributed by atoms with van der Waals surface area (Å²) in [5.74, 6) is 1.43. The number of carbonyl (C=O) groups excluding carboxylic acids is 1. The Morgan fingerprint density at radius 2 is 2.00 bits per heavy atom. The maximum absolute atomic E-state index is 12.0. The van der Waals surface area contributed by atoms with Gasteiger partial charge in [0.1, 0.15) is 0 Å². The molecular formula is C13H19NO3. The number of amides is 1. The van der Waals surface area contributed by atoms with E-state index in [2.05, 4.69) is 5.92 Å². The molecule has 0 aromatic rings. The first-order valence-electron chi connectivity index (χ1n) is 6.00. The maximum atomic E-state index is 12.0. The van der Waals surface area contributed by atoms with Gasteiger partial charge in [0.25, 0.3) is 0 Å². The minimum atomic E-state index is -0.848. The molecule has 0 heterocycles. The molecule has 0 bridgehead atoms. The molecule has 0 aromatic heterocycles. The minimum Gasteiger partial charge on any atom is -0.481 e. The van der Waals surface area contributed by atoms with Crippen molar-refractivity contribution in [3.8, 4) is 12.3 Å². The van der Waals surface area contributed by atoms with E-state index in [1.54, 1.807) is 0 Å². The van der Waals surface area contributed by atoms with E-state index in [1.165, 1.54) is 4.90 Å². The molecule has 0 aromatic carbocycles. The Balaban J connectivity index is 2.71. The van der Waals surface area contributed by atoms with Crippen LogP contribution in [0.5, 0.6) is 0 Å². The molecule has 94 valence electrons. The largest absolute Gasteiger partial charge is 0.481 e. The molecule has 4 nitrogen and oxygen atoms in total. The van der Waals surface area contributed by atoms with Gasteiger partial charge in [0.2, 0.25) is 5.91 Å². The van der Waals surface area contributed by atoms with E-state index < -0.39 is 11.4 Å². The summed E-state index contributed by atoms with van der Waals surface area (Å²) in [5.41, 5.74) is -0.848. The van der Waals surface area contributed by atoms with Crippen molar-refractivity contribution in [2.45, 2.75) is 39.0 Å². The molecule has 0 radical (unpaired) electrons. The van der Waals surface area contributed by atoms with Gasteiger partial charge >= 0.3 is 5.97 Å². The number of terminal acetylenes is 1. The molecule has 1 N–H and O–H groups in total.